The number of esters is 1. The van der Waals surface area contributed by atoms with Gasteiger partial charge in [-0.05, 0) is 6.92 Å². The quantitative estimate of drug-likeness (QED) is 0.367. The van der Waals surface area contributed by atoms with Crippen molar-refractivity contribution in [1.29, 1.82) is 0 Å². The summed E-state index contributed by atoms with van der Waals surface area (Å²) in [5.41, 5.74) is 0.347. The summed E-state index contributed by atoms with van der Waals surface area (Å²) in [6, 6.07) is 1.35. The lowest BCUT2D eigenvalue weighted by Crippen LogP contribution is -2.05. The third kappa shape index (κ3) is 3.90. The van der Waals surface area contributed by atoms with Crippen LogP contribution < -0.4 is 5.56 Å². The molecule has 1 aromatic rings. The average molecular weight is 240 g/mol. The van der Waals surface area contributed by atoms with Gasteiger partial charge in [-0.25, -0.2) is 9.78 Å². The van der Waals surface area contributed by atoms with Crippen molar-refractivity contribution in [2.45, 2.75) is 12.1 Å². The molecule has 16 heavy (non-hydrogen) atoms. The normalized spacial score (nSPS) is 11.2. The van der Waals surface area contributed by atoms with Crippen molar-refractivity contribution in [3.05, 3.63) is 34.3 Å². The Labute approximate surface area is 96.9 Å². The lowest BCUT2D eigenvalue weighted by Gasteiger charge is -1.99. The zero-order chi connectivity index (χ0) is 12.0. The predicted molar refractivity (Wildman–Crippen MR) is 61.4 cm³/mol. The number of rotatable bonds is 4. The van der Waals surface area contributed by atoms with Gasteiger partial charge in [0.2, 0.25) is 0 Å². The first-order chi connectivity index (χ1) is 7.63. The summed E-state index contributed by atoms with van der Waals surface area (Å²) < 4.78 is 4.54. The molecule has 0 aliphatic rings. The summed E-state index contributed by atoms with van der Waals surface area (Å²) in [6.07, 6.45) is 3.17. The first kappa shape index (κ1) is 12.5. The minimum absolute atomic E-state index is 0.189. The van der Waals surface area contributed by atoms with Crippen LogP contribution in [0.4, 0.5) is 0 Å². The standard InChI is InChI=1S/C10H12N2O3S/c1-7(9(14)15-2)4-6-16-10-11-5-3-8(13)12-10/h3-5H,6H2,1-2H3,(H,11,12,13). The first-order valence-corrected chi connectivity index (χ1v) is 5.55. The van der Waals surface area contributed by atoms with Crippen LogP contribution in [0.1, 0.15) is 6.92 Å². The van der Waals surface area contributed by atoms with Gasteiger partial charge in [-0.3, -0.25) is 4.79 Å². The third-order valence-corrected chi connectivity index (χ3v) is 2.58. The highest BCUT2D eigenvalue weighted by molar-refractivity contribution is 7.99. The molecule has 0 unspecified atom stereocenters. The maximum atomic E-state index is 11.0. The van der Waals surface area contributed by atoms with E-state index < -0.39 is 0 Å². The average Bonchev–Trinajstić information content (AvgIpc) is 2.28. The summed E-state index contributed by atoms with van der Waals surface area (Å²) in [7, 11) is 1.34. The molecule has 0 atom stereocenters. The van der Waals surface area contributed by atoms with Gasteiger partial charge >= 0.3 is 5.97 Å². The summed E-state index contributed by atoms with van der Waals surface area (Å²) >= 11 is 1.34. The maximum absolute atomic E-state index is 11.0. The highest BCUT2D eigenvalue weighted by Crippen LogP contribution is 2.11. The fraction of sp³-hybridized carbons (Fsp3) is 0.300. The highest BCUT2D eigenvalue weighted by atomic mass is 32.2. The molecule has 0 aromatic carbocycles. The van der Waals surface area contributed by atoms with Gasteiger partial charge in [0.15, 0.2) is 5.16 Å². The molecule has 0 fully saturated rings. The van der Waals surface area contributed by atoms with Crippen LogP contribution in [0.3, 0.4) is 0 Å². The van der Waals surface area contributed by atoms with Gasteiger partial charge in [0, 0.05) is 23.6 Å². The second kappa shape index (κ2) is 6.12. The number of carbonyl (C=O) groups excluding carboxylic acids is 1. The molecule has 1 rings (SSSR count). The van der Waals surface area contributed by atoms with Gasteiger partial charge in [-0.15, -0.1) is 0 Å². The van der Waals surface area contributed by atoms with E-state index in [-0.39, 0.29) is 11.5 Å². The van der Waals surface area contributed by atoms with E-state index in [2.05, 4.69) is 14.7 Å². The number of hydrogen-bond donors (Lipinski definition) is 1. The molecule has 0 spiro atoms. The van der Waals surface area contributed by atoms with E-state index in [0.717, 1.165) is 0 Å². The summed E-state index contributed by atoms with van der Waals surface area (Å²) in [4.78, 5) is 28.5. The number of nitrogens with one attached hydrogen (secondary N) is 1. The Balaban J connectivity index is 2.53. The molecule has 86 valence electrons. The van der Waals surface area contributed by atoms with Crippen molar-refractivity contribution in [2.24, 2.45) is 0 Å². The van der Waals surface area contributed by atoms with Crippen molar-refractivity contribution in [2.75, 3.05) is 12.9 Å². The van der Waals surface area contributed by atoms with Crippen LogP contribution in [0.5, 0.6) is 0 Å². The first-order valence-electron chi connectivity index (χ1n) is 4.56. The van der Waals surface area contributed by atoms with Crippen molar-refractivity contribution in [3.63, 3.8) is 0 Å². The Morgan fingerprint density at radius 3 is 3.06 bits per heavy atom. The smallest absolute Gasteiger partial charge is 0.333 e. The third-order valence-electron chi connectivity index (χ3n) is 1.76. The number of carbonyl (C=O) groups is 1. The van der Waals surface area contributed by atoms with Crippen molar-refractivity contribution in [1.82, 2.24) is 9.97 Å². The Morgan fingerprint density at radius 2 is 2.44 bits per heavy atom. The van der Waals surface area contributed by atoms with Gasteiger partial charge in [0.05, 0.1) is 7.11 Å². The van der Waals surface area contributed by atoms with Crippen molar-refractivity contribution < 1.29 is 9.53 Å². The molecule has 5 nitrogen and oxygen atoms in total. The molecule has 0 saturated heterocycles. The lowest BCUT2D eigenvalue weighted by atomic mass is 10.3. The predicted octanol–water partition coefficient (Wildman–Crippen LogP) is 0.981. The second-order valence-electron chi connectivity index (χ2n) is 2.93. The SMILES string of the molecule is COC(=O)C(C)=CCSc1nccc(=O)[nH]1. The Bertz CT molecular complexity index is 453. The number of hydrogen-bond acceptors (Lipinski definition) is 5. The van der Waals surface area contributed by atoms with E-state index in [0.29, 0.717) is 16.5 Å². The monoisotopic (exact) mass is 240 g/mol. The molecular formula is C10H12N2O3S. The van der Waals surface area contributed by atoms with Crippen LogP contribution >= 0.6 is 11.8 Å². The number of ether oxygens (including phenoxy) is 1. The fourth-order valence-corrected chi connectivity index (χ4v) is 1.71. The number of aromatic nitrogens is 2. The van der Waals surface area contributed by atoms with E-state index in [1.807, 2.05) is 0 Å². The van der Waals surface area contributed by atoms with E-state index in [9.17, 15) is 9.59 Å². The molecule has 6 heteroatoms. The van der Waals surface area contributed by atoms with Gasteiger partial charge < -0.3 is 9.72 Å². The molecular weight excluding hydrogens is 228 g/mol. The number of aromatic amines is 1. The molecule has 0 radical (unpaired) electrons. The fourth-order valence-electron chi connectivity index (χ4n) is 0.915. The molecule has 0 saturated carbocycles. The maximum Gasteiger partial charge on any atom is 0.333 e. The van der Waals surface area contributed by atoms with Crippen LogP contribution in [0, 0.1) is 0 Å². The van der Waals surface area contributed by atoms with Gasteiger partial charge in [-0.2, -0.15) is 0 Å². The molecule has 1 N–H and O–H groups in total. The number of H-pyrrole nitrogens is 1. The van der Waals surface area contributed by atoms with E-state index >= 15 is 0 Å². The Morgan fingerprint density at radius 1 is 1.69 bits per heavy atom. The molecule has 0 amide bonds. The molecule has 1 aromatic heterocycles. The van der Waals surface area contributed by atoms with Crippen LogP contribution in [-0.2, 0) is 9.53 Å². The molecule has 0 aliphatic carbocycles. The second-order valence-corrected chi connectivity index (χ2v) is 3.94. The molecule has 1 heterocycles. The molecule has 0 aliphatic heterocycles. The van der Waals surface area contributed by atoms with Crippen LogP contribution in [-0.4, -0.2) is 28.8 Å². The summed E-state index contributed by atoms with van der Waals surface area (Å²) in [6.45, 7) is 1.67. The van der Waals surface area contributed by atoms with Gasteiger partial charge in [0.1, 0.15) is 0 Å². The molecule has 0 bridgehead atoms. The minimum atomic E-state index is -0.352. The van der Waals surface area contributed by atoms with Crippen molar-refractivity contribution >= 4 is 17.7 Å². The van der Waals surface area contributed by atoms with Crippen molar-refractivity contribution in [3.8, 4) is 0 Å². The zero-order valence-corrected chi connectivity index (χ0v) is 9.84. The summed E-state index contributed by atoms with van der Waals surface area (Å²) in [5.74, 6) is 0.198. The van der Waals surface area contributed by atoms with Crippen LogP contribution in [0.2, 0.25) is 0 Å². The number of methoxy groups -OCH3 is 1. The zero-order valence-electron chi connectivity index (χ0n) is 9.02. The number of nitrogens with zero attached hydrogens (tertiary/aromatic N) is 1. The van der Waals surface area contributed by atoms with E-state index in [4.69, 9.17) is 0 Å². The Hall–Kier alpha value is -1.56. The van der Waals surface area contributed by atoms with Gasteiger partial charge in [0.25, 0.3) is 5.56 Å². The minimum Gasteiger partial charge on any atom is -0.466 e. The van der Waals surface area contributed by atoms with E-state index in [1.54, 1.807) is 13.0 Å². The van der Waals surface area contributed by atoms with Crippen LogP contribution in [0.15, 0.2) is 33.9 Å². The van der Waals surface area contributed by atoms with Crippen LogP contribution in [0.25, 0.3) is 0 Å². The Kier molecular flexibility index (Phi) is 4.78. The summed E-state index contributed by atoms with van der Waals surface area (Å²) in [5, 5.41) is 0.529. The largest absolute Gasteiger partial charge is 0.466 e. The lowest BCUT2D eigenvalue weighted by molar-refractivity contribution is -0.136. The number of thioether (sulfide) groups is 1. The van der Waals surface area contributed by atoms with E-state index in [1.165, 1.54) is 31.1 Å². The highest BCUT2D eigenvalue weighted by Gasteiger charge is 2.02. The van der Waals surface area contributed by atoms with Gasteiger partial charge in [-0.1, -0.05) is 17.8 Å². The topological polar surface area (TPSA) is 72.0 Å².